The van der Waals surface area contributed by atoms with E-state index in [1.54, 1.807) is 30.3 Å². The zero-order valence-electron chi connectivity index (χ0n) is 15.1. The Morgan fingerprint density at radius 3 is 2.50 bits per heavy atom. The summed E-state index contributed by atoms with van der Waals surface area (Å²) in [5, 5.41) is 4.82. The summed E-state index contributed by atoms with van der Waals surface area (Å²) in [6, 6.07) is 12.6. The molecule has 9 heteroatoms. The number of anilines is 1. The third-order valence-electron chi connectivity index (χ3n) is 3.56. The lowest BCUT2D eigenvalue weighted by Crippen LogP contribution is -2.32. The Morgan fingerprint density at radius 1 is 1.04 bits per heavy atom. The monoisotopic (exact) mass is 385 g/mol. The van der Waals surface area contributed by atoms with Crippen LogP contribution < -0.4 is 21.1 Å². The Hall–Kier alpha value is -3.88. The van der Waals surface area contributed by atoms with E-state index in [2.05, 4.69) is 10.6 Å². The lowest BCUT2D eigenvalue weighted by atomic mass is 10.1. The van der Waals surface area contributed by atoms with Gasteiger partial charge in [0.1, 0.15) is 12.3 Å². The van der Waals surface area contributed by atoms with Crippen molar-refractivity contribution in [3.63, 3.8) is 0 Å². The van der Waals surface area contributed by atoms with Gasteiger partial charge in [0.15, 0.2) is 6.61 Å². The number of nitrogens with two attached hydrogens (primary N) is 1. The second-order valence-electron chi connectivity index (χ2n) is 5.53. The molecule has 2 rings (SSSR count). The minimum atomic E-state index is -0.797. The van der Waals surface area contributed by atoms with Crippen molar-refractivity contribution in [2.24, 2.45) is 5.73 Å². The SMILES string of the molecule is COc1cccc(C(=O)NCC(=O)OCC(=O)Nc2ccccc2C(N)=O)c1. The molecule has 0 aliphatic carbocycles. The van der Waals surface area contributed by atoms with Crippen LogP contribution in [0.25, 0.3) is 0 Å². The van der Waals surface area contributed by atoms with Gasteiger partial charge in [-0.3, -0.25) is 19.2 Å². The van der Waals surface area contributed by atoms with E-state index in [4.69, 9.17) is 15.2 Å². The van der Waals surface area contributed by atoms with Gasteiger partial charge in [-0.2, -0.15) is 0 Å². The predicted molar refractivity (Wildman–Crippen MR) is 99.9 cm³/mol. The van der Waals surface area contributed by atoms with E-state index in [0.717, 1.165) is 0 Å². The Labute approximate surface area is 160 Å². The van der Waals surface area contributed by atoms with Gasteiger partial charge in [-0.1, -0.05) is 18.2 Å². The highest BCUT2D eigenvalue weighted by Gasteiger charge is 2.13. The summed E-state index contributed by atoms with van der Waals surface area (Å²) in [4.78, 5) is 46.9. The van der Waals surface area contributed by atoms with Crippen molar-refractivity contribution in [2.45, 2.75) is 0 Å². The van der Waals surface area contributed by atoms with Crippen LogP contribution in [-0.2, 0) is 14.3 Å². The van der Waals surface area contributed by atoms with Gasteiger partial charge in [0.2, 0.25) is 0 Å². The number of carbonyl (C=O) groups excluding carboxylic acids is 4. The number of hydrogen-bond donors (Lipinski definition) is 3. The standard InChI is InChI=1S/C19H19N3O6/c1-27-13-6-4-5-12(9-13)19(26)21-10-17(24)28-11-16(23)22-15-8-3-2-7-14(15)18(20)25/h2-9H,10-11H2,1H3,(H2,20,25)(H,21,26)(H,22,23). The number of carbonyl (C=O) groups is 4. The highest BCUT2D eigenvalue weighted by atomic mass is 16.5. The Bertz CT molecular complexity index is 897. The number of hydrogen-bond acceptors (Lipinski definition) is 6. The molecule has 0 aromatic heterocycles. The summed E-state index contributed by atoms with van der Waals surface area (Å²) in [5.41, 5.74) is 5.88. The summed E-state index contributed by atoms with van der Waals surface area (Å²) in [7, 11) is 1.47. The first-order chi connectivity index (χ1) is 13.4. The van der Waals surface area contributed by atoms with Crippen molar-refractivity contribution in [2.75, 3.05) is 25.6 Å². The molecule has 0 aliphatic heterocycles. The molecule has 0 spiro atoms. The van der Waals surface area contributed by atoms with Crippen molar-refractivity contribution in [3.05, 3.63) is 59.7 Å². The molecular formula is C19H19N3O6. The maximum Gasteiger partial charge on any atom is 0.325 e. The number of para-hydroxylation sites is 1. The van der Waals surface area contributed by atoms with Crippen molar-refractivity contribution < 1.29 is 28.7 Å². The highest BCUT2D eigenvalue weighted by molar-refractivity contribution is 6.03. The Balaban J connectivity index is 1.80. The molecule has 0 aliphatic rings. The average Bonchev–Trinajstić information content (AvgIpc) is 2.70. The normalized spacial score (nSPS) is 9.89. The molecular weight excluding hydrogens is 366 g/mol. The first-order valence-electron chi connectivity index (χ1n) is 8.17. The minimum absolute atomic E-state index is 0.132. The van der Waals surface area contributed by atoms with Crippen LogP contribution in [0.15, 0.2) is 48.5 Å². The van der Waals surface area contributed by atoms with Crippen LogP contribution >= 0.6 is 0 Å². The first-order valence-corrected chi connectivity index (χ1v) is 8.17. The van der Waals surface area contributed by atoms with Gasteiger partial charge in [-0.05, 0) is 30.3 Å². The van der Waals surface area contributed by atoms with Gasteiger partial charge < -0.3 is 25.8 Å². The number of esters is 1. The number of nitrogens with one attached hydrogen (secondary N) is 2. The maximum atomic E-state index is 12.0. The molecule has 0 saturated carbocycles. The molecule has 28 heavy (non-hydrogen) atoms. The number of primary amides is 1. The van der Waals surface area contributed by atoms with Crippen molar-refractivity contribution in [1.82, 2.24) is 5.32 Å². The molecule has 0 bridgehead atoms. The lowest BCUT2D eigenvalue weighted by molar-refractivity contribution is -0.146. The van der Waals surface area contributed by atoms with Crippen molar-refractivity contribution in [3.8, 4) is 5.75 Å². The van der Waals surface area contributed by atoms with E-state index in [1.165, 1.54) is 25.3 Å². The predicted octanol–water partition coefficient (Wildman–Crippen LogP) is 0.706. The molecule has 0 unspecified atom stereocenters. The zero-order valence-corrected chi connectivity index (χ0v) is 15.1. The lowest BCUT2D eigenvalue weighted by Gasteiger charge is -2.10. The van der Waals surface area contributed by atoms with Gasteiger partial charge >= 0.3 is 5.97 Å². The summed E-state index contributed by atoms with van der Waals surface area (Å²) < 4.78 is 9.82. The molecule has 2 aromatic rings. The van der Waals surface area contributed by atoms with E-state index >= 15 is 0 Å². The molecule has 2 aromatic carbocycles. The molecule has 3 amide bonds. The van der Waals surface area contributed by atoms with Gasteiger partial charge in [-0.15, -0.1) is 0 Å². The van der Waals surface area contributed by atoms with Gasteiger partial charge in [0.25, 0.3) is 17.7 Å². The molecule has 0 atom stereocenters. The van der Waals surface area contributed by atoms with Crippen LogP contribution in [0, 0.1) is 0 Å². The zero-order chi connectivity index (χ0) is 20.5. The fourth-order valence-corrected chi connectivity index (χ4v) is 2.21. The largest absolute Gasteiger partial charge is 0.497 e. The number of ether oxygens (including phenoxy) is 2. The number of rotatable bonds is 8. The number of methoxy groups -OCH3 is 1. The number of benzene rings is 2. The average molecular weight is 385 g/mol. The molecule has 146 valence electrons. The van der Waals surface area contributed by atoms with Crippen LogP contribution in [-0.4, -0.2) is 44.0 Å². The van der Waals surface area contributed by atoms with Crippen LogP contribution in [0.1, 0.15) is 20.7 Å². The molecule has 0 radical (unpaired) electrons. The molecule has 0 heterocycles. The molecule has 4 N–H and O–H groups in total. The van der Waals surface area contributed by atoms with Crippen LogP contribution in [0.4, 0.5) is 5.69 Å². The summed E-state index contributed by atoms with van der Waals surface area (Å²) in [6.07, 6.45) is 0. The van der Waals surface area contributed by atoms with Gasteiger partial charge in [-0.25, -0.2) is 0 Å². The smallest absolute Gasteiger partial charge is 0.325 e. The maximum absolute atomic E-state index is 12.0. The van der Waals surface area contributed by atoms with Crippen molar-refractivity contribution >= 4 is 29.4 Å². The highest BCUT2D eigenvalue weighted by Crippen LogP contribution is 2.14. The van der Waals surface area contributed by atoms with E-state index in [9.17, 15) is 19.2 Å². The fourth-order valence-electron chi connectivity index (χ4n) is 2.21. The minimum Gasteiger partial charge on any atom is -0.497 e. The molecule has 9 nitrogen and oxygen atoms in total. The van der Waals surface area contributed by atoms with Gasteiger partial charge in [0, 0.05) is 5.56 Å². The topological polar surface area (TPSA) is 137 Å². The third kappa shape index (κ3) is 5.84. The van der Waals surface area contributed by atoms with Crippen LogP contribution in [0.5, 0.6) is 5.75 Å². The first kappa shape index (κ1) is 20.4. The van der Waals surface area contributed by atoms with Gasteiger partial charge in [0.05, 0.1) is 18.4 Å². The van der Waals surface area contributed by atoms with E-state index in [0.29, 0.717) is 11.3 Å². The fraction of sp³-hybridized carbons (Fsp3) is 0.158. The van der Waals surface area contributed by atoms with Crippen LogP contribution in [0.2, 0.25) is 0 Å². The summed E-state index contributed by atoms with van der Waals surface area (Å²) in [6.45, 7) is -0.998. The van der Waals surface area contributed by atoms with Crippen LogP contribution in [0.3, 0.4) is 0 Å². The second kappa shape index (κ2) is 9.72. The van der Waals surface area contributed by atoms with E-state index < -0.39 is 36.8 Å². The second-order valence-corrected chi connectivity index (χ2v) is 5.53. The molecule has 0 fully saturated rings. The number of amides is 3. The Kier molecular flexibility index (Phi) is 7.09. The summed E-state index contributed by atoms with van der Waals surface area (Å²) >= 11 is 0. The Morgan fingerprint density at radius 2 is 1.79 bits per heavy atom. The quantitative estimate of drug-likeness (QED) is 0.572. The third-order valence-corrected chi connectivity index (χ3v) is 3.56. The summed E-state index contributed by atoms with van der Waals surface area (Å²) in [5.74, 6) is -2.14. The van der Waals surface area contributed by atoms with Crippen molar-refractivity contribution in [1.29, 1.82) is 0 Å². The molecule has 0 saturated heterocycles. The van der Waals surface area contributed by atoms with E-state index in [1.807, 2.05) is 0 Å². The van der Waals surface area contributed by atoms with E-state index in [-0.39, 0.29) is 11.3 Å².